The van der Waals surface area contributed by atoms with E-state index in [0.29, 0.717) is 5.41 Å². The second-order valence-corrected chi connectivity index (χ2v) is 6.33. The van der Waals surface area contributed by atoms with E-state index in [0.717, 1.165) is 12.0 Å². The number of unbranched alkanes of at least 4 members (excludes halogenated alkanes) is 1. The van der Waals surface area contributed by atoms with Crippen LogP contribution in [-0.4, -0.2) is 12.6 Å². The van der Waals surface area contributed by atoms with Crippen molar-refractivity contribution in [3.8, 4) is 0 Å². The summed E-state index contributed by atoms with van der Waals surface area (Å²) >= 11 is 0. The molecule has 1 fully saturated rings. The predicted octanol–water partition coefficient (Wildman–Crippen LogP) is 4.76. The third-order valence-electron chi connectivity index (χ3n) is 4.63. The van der Waals surface area contributed by atoms with Crippen LogP contribution in [0.5, 0.6) is 0 Å². The van der Waals surface area contributed by atoms with Crippen molar-refractivity contribution in [2.45, 2.75) is 85.1 Å². The number of rotatable bonds is 10. The van der Waals surface area contributed by atoms with Crippen molar-refractivity contribution in [3.63, 3.8) is 0 Å². The maximum Gasteiger partial charge on any atom is 0.00684 e. The van der Waals surface area contributed by atoms with Crippen LogP contribution >= 0.6 is 0 Å². The largest absolute Gasteiger partial charge is 0.313 e. The SMILES string of the molecule is CCCCC(CC)(CNC1CC1)CC(C)CC. The van der Waals surface area contributed by atoms with E-state index < -0.39 is 0 Å². The summed E-state index contributed by atoms with van der Waals surface area (Å²) in [6, 6.07) is 0.861. The minimum absolute atomic E-state index is 0.577. The van der Waals surface area contributed by atoms with Gasteiger partial charge in [-0.05, 0) is 43.4 Å². The Balaban J connectivity index is 2.49. The lowest BCUT2D eigenvalue weighted by Crippen LogP contribution is -2.36. The van der Waals surface area contributed by atoms with Gasteiger partial charge in [0.25, 0.3) is 0 Å². The molecule has 1 saturated carbocycles. The summed E-state index contributed by atoms with van der Waals surface area (Å²) in [6.45, 7) is 10.7. The molecule has 0 spiro atoms. The second kappa shape index (κ2) is 7.41. The van der Waals surface area contributed by atoms with Crippen molar-refractivity contribution in [1.82, 2.24) is 5.32 Å². The molecule has 1 aliphatic carbocycles. The zero-order valence-corrected chi connectivity index (χ0v) is 12.5. The maximum absolute atomic E-state index is 3.79. The highest BCUT2D eigenvalue weighted by Crippen LogP contribution is 2.37. The molecule has 0 aromatic rings. The molecule has 0 aromatic heterocycles. The second-order valence-electron chi connectivity index (χ2n) is 6.33. The topological polar surface area (TPSA) is 12.0 Å². The molecule has 2 unspecified atom stereocenters. The molecular weight excluding hydrogens is 206 g/mol. The Bertz CT molecular complexity index is 198. The van der Waals surface area contributed by atoms with Crippen LogP contribution < -0.4 is 5.32 Å². The Morgan fingerprint density at radius 2 is 1.94 bits per heavy atom. The molecule has 1 aliphatic rings. The molecule has 0 radical (unpaired) electrons. The summed E-state index contributed by atoms with van der Waals surface area (Å²) in [4.78, 5) is 0. The highest BCUT2D eigenvalue weighted by molar-refractivity contribution is 4.88. The van der Waals surface area contributed by atoms with E-state index in [9.17, 15) is 0 Å². The van der Waals surface area contributed by atoms with Crippen molar-refractivity contribution < 1.29 is 0 Å². The number of hydrogen-bond donors (Lipinski definition) is 1. The summed E-state index contributed by atoms with van der Waals surface area (Å²) in [7, 11) is 0. The van der Waals surface area contributed by atoms with Gasteiger partial charge in [-0.3, -0.25) is 0 Å². The zero-order chi connectivity index (χ0) is 12.7. The van der Waals surface area contributed by atoms with Gasteiger partial charge < -0.3 is 5.32 Å². The number of hydrogen-bond acceptors (Lipinski definition) is 1. The lowest BCUT2D eigenvalue weighted by Gasteiger charge is -2.36. The molecule has 17 heavy (non-hydrogen) atoms. The van der Waals surface area contributed by atoms with Gasteiger partial charge in [0.1, 0.15) is 0 Å². The van der Waals surface area contributed by atoms with Crippen molar-refractivity contribution in [2.75, 3.05) is 6.54 Å². The van der Waals surface area contributed by atoms with Crippen LogP contribution in [0.1, 0.15) is 79.1 Å². The molecule has 0 heterocycles. The van der Waals surface area contributed by atoms with Gasteiger partial charge in [-0.25, -0.2) is 0 Å². The van der Waals surface area contributed by atoms with E-state index in [1.807, 2.05) is 0 Å². The summed E-state index contributed by atoms with van der Waals surface area (Å²) in [5.74, 6) is 0.882. The van der Waals surface area contributed by atoms with Crippen LogP contribution in [0.3, 0.4) is 0 Å². The lowest BCUT2D eigenvalue weighted by atomic mass is 9.73. The minimum atomic E-state index is 0.577. The monoisotopic (exact) mass is 239 g/mol. The molecule has 0 aromatic carbocycles. The van der Waals surface area contributed by atoms with Gasteiger partial charge in [0, 0.05) is 12.6 Å². The van der Waals surface area contributed by atoms with Crippen LogP contribution in [-0.2, 0) is 0 Å². The first-order chi connectivity index (χ1) is 8.15. The first kappa shape index (κ1) is 15.0. The minimum Gasteiger partial charge on any atom is -0.313 e. The first-order valence-corrected chi connectivity index (χ1v) is 7.89. The van der Waals surface area contributed by atoms with Crippen LogP contribution in [0.25, 0.3) is 0 Å². The summed E-state index contributed by atoms with van der Waals surface area (Å²) in [5, 5.41) is 3.79. The predicted molar refractivity (Wildman–Crippen MR) is 77.3 cm³/mol. The van der Waals surface area contributed by atoms with Gasteiger partial charge in [-0.1, -0.05) is 47.0 Å². The lowest BCUT2D eigenvalue weighted by molar-refractivity contribution is 0.177. The molecular formula is C16H33N. The van der Waals surface area contributed by atoms with Crippen LogP contribution in [0.15, 0.2) is 0 Å². The van der Waals surface area contributed by atoms with Crippen molar-refractivity contribution in [3.05, 3.63) is 0 Å². The molecule has 2 atom stereocenters. The summed E-state index contributed by atoms with van der Waals surface area (Å²) < 4.78 is 0. The standard InChI is InChI=1S/C16H33N/c1-5-8-11-16(7-3,12-14(4)6-2)13-17-15-9-10-15/h14-15,17H,5-13H2,1-4H3. The molecule has 102 valence electrons. The molecule has 1 rings (SSSR count). The summed E-state index contributed by atoms with van der Waals surface area (Å²) in [6.07, 6.45) is 11.1. The average molecular weight is 239 g/mol. The van der Waals surface area contributed by atoms with E-state index in [2.05, 4.69) is 33.0 Å². The van der Waals surface area contributed by atoms with Crippen molar-refractivity contribution in [2.24, 2.45) is 11.3 Å². The Hall–Kier alpha value is -0.0400. The van der Waals surface area contributed by atoms with E-state index in [1.54, 1.807) is 0 Å². The third-order valence-corrected chi connectivity index (χ3v) is 4.63. The molecule has 0 bridgehead atoms. The van der Waals surface area contributed by atoms with E-state index >= 15 is 0 Å². The highest BCUT2D eigenvalue weighted by Gasteiger charge is 2.31. The Morgan fingerprint density at radius 3 is 2.41 bits per heavy atom. The smallest absolute Gasteiger partial charge is 0.00684 e. The summed E-state index contributed by atoms with van der Waals surface area (Å²) in [5.41, 5.74) is 0.577. The molecule has 0 saturated heterocycles. The van der Waals surface area contributed by atoms with E-state index in [1.165, 1.54) is 57.9 Å². The first-order valence-electron chi connectivity index (χ1n) is 7.89. The quantitative estimate of drug-likeness (QED) is 0.579. The maximum atomic E-state index is 3.79. The van der Waals surface area contributed by atoms with E-state index in [-0.39, 0.29) is 0 Å². The normalized spacial score (nSPS) is 21.2. The van der Waals surface area contributed by atoms with Crippen molar-refractivity contribution in [1.29, 1.82) is 0 Å². The van der Waals surface area contributed by atoms with Crippen LogP contribution in [0.4, 0.5) is 0 Å². The Kier molecular flexibility index (Phi) is 6.54. The molecule has 1 heteroatoms. The van der Waals surface area contributed by atoms with Gasteiger partial charge in [0.15, 0.2) is 0 Å². The fourth-order valence-electron chi connectivity index (χ4n) is 2.79. The van der Waals surface area contributed by atoms with Gasteiger partial charge in [0.05, 0.1) is 0 Å². The molecule has 1 nitrogen and oxygen atoms in total. The van der Waals surface area contributed by atoms with Gasteiger partial charge in [0.2, 0.25) is 0 Å². The zero-order valence-electron chi connectivity index (χ0n) is 12.5. The molecule has 0 aliphatic heterocycles. The highest BCUT2D eigenvalue weighted by atomic mass is 15.0. The fraction of sp³-hybridized carbons (Fsp3) is 1.00. The fourth-order valence-corrected chi connectivity index (χ4v) is 2.79. The van der Waals surface area contributed by atoms with Gasteiger partial charge >= 0.3 is 0 Å². The molecule has 0 amide bonds. The Labute approximate surface area is 109 Å². The average Bonchev–Trinajstić information content (AvgIpc) is 3.16. The van der Waals surface area contributed by atoms with Crippen LogP contribution in [0, 0.1) is 11.3 Å². The molecule has 1 N–H and O–H groups in total. The third kappa shape index (κ3) is 5.42. The van der Waals surface area contributed by atoms with Gasteiger partial charge in [-0.2, -0.15) is 0 Å². The van der Waals surface area contributed by atoms with Crippen molar-refractivity contribution >= 4 is 0 Å². The Morgan fingerprint density at radius 1 is 1.24 bits per heavy atom. The van der Waals surface area contributed by atoms with Gasteiger partial charge in [-0.15, -0.1) is 0 Å². The van der Waals surface area contributed by atoms with E-state index in [4.69, 9.17) is 0 Å². The van der Waals surface area contributed by atoms with Crippen LogP contribution in [0.2, 0.25) is 0 Å². The number of nitrogens with one attached hydrogen (secondary N) is 1.